The monoisotopic (exact) mass is 292 g/mol. The van der Waals surface area contributed by atoms with Crippen molar-refractivity contribution in [2.45, 2.75) is 19.8 Å². The maximum absolute atomic E-state index is 11.2. The van der Waals surface area contributed by atoms with Crippen LogP contribution in [0.25, 0.3) is 0 Å². The number of ether oxygens (including phenoxy) is 2. The first-order valence-corrected chi connectivity index (χ1v) is 7.31. The summed E-state index contributed by atoms with van der Waals surface area (Å²) in [4.78, 5) is 13.5. The number of hydrogen-bond acceptors (Lipinski definition) is 4. The molecule has 2 atom stereocenters. The minimum atomic E-state index is -0.213. The summed E-state index contributed by atoms with van der Waals surface area (Å²) in [5.41, 5.74) is 6.43. The van der Waals surface area contributed by atoms with E-state index < -0.39 is 0 Å². The van der Waals surface area contributed by atoms with Gasteiger partial charge in [-0.15, -0.1) is 0 Å². The molecule has 1 aromatic carbocycles. The summed E-state index contributed by atoms with van der Waals surface area (Å²) in [6.45, 7) is 3.80. The average molecular weight is 292 g/mol. The molecule has 0 spiro atoms. The summed E-state index contributed by atoms with van der Waals surface area (Å²) in [6.07, 6.45) is 1.93. The van der Waals surface area contributed by atoms with Crippen LogP contribution in [-0.2, 0) is 4.79 Å². The third-order valence-corrected chi connectivity index (χ3v) is 4.19. The molecule has 1 aliphatic heterocycles. The first-order valence-electron chi connectivity index (χ1n) is 7.31. The van der Waals surface area contributed by atoms with Crippen LogP contribution in [0.4, 0.5) is 5.69 Å². The van der Waals surface area contributed by atoms with Crippen LogP contribution in [0, 0.1) is 11.8 Å². The van der Waals surface area contributed by atoms with Gasteiger partial charge >= 0.3 is 0 Å². The normalized spacial score (nSPS) is 19.4. The number of rotatable bonds is 6. The predicted octanol–water partition coefficient (Wildman–Crippen LogP) is 2.04. The van der Waals surface area contributed by atoms with Gasteiger partial charge in [-0.2, -0.15) is 0 Å². The van der Waals surface area contributed by atoms with Crippen molar-refractivity contribution in [3.63, 3.8) is 0 Å². The van der Waals surface area contributed by atoms with E-state index in [-0.39, 0.29) is 11.8 Å². The Morgan fingerprint density at radius 3 is 2.81 bits per heavy atom. The number of carbonyl (C=O) groups excluding carboxylic acids is 1. The number of hydrogen-bond donors (Lipinski definition) is 1. The molecule has 2 N–H and O–H groups in total. The first kappa shape index (κ1) is 15.5. The molecule has 21 heavy (non-hydrogen) atoms. The van der Waals surface area contributed by atoms with Gasteiger partial charge in [0.05, 0.1) is 19.9 Å². The van der Waals surface area contributed by atoms with Crippen molar-refractivity contribution in [1.29, 1.82) is 0 Å². The quantitative estimate of drug-likeness (QED) is 0.871. The number of primary amides is 1. The average Bonchev–Trinajstić information content (AvgIpc) is 2.94. The predicted molar refractivity (Wildman–Crippen MR) is 82.8 cm³/mol. The highest BCUT2D eigenvalue weighted by Crippen LogP contribution is 2.36. The molecular formula is C16H24N2O3. The lowest BCUT2D eigenvalue weighted by atomic mass is 9.95. The fraction of sp³-hybridized carbons (Fsp3) is 0.562. The number of nitrogens with zero attached hydrogens (tertiary/aromatic N) is 1. The molecule has 1 aliphatic rings. The van der Waals surface area contributed by atoms with Crippen LogP contribution in [0.2, 0.25) is 0 Å². The van der Waals surface area contributed by atoms with E-state index in [1.165, 1.54) is 0 Å². The molecule has 1 saturated heterocycles. The summed E-state index contributed by atoms with van der Waals surface area (Å²) in [5, 5.41) is 0. The Morgan fingerprint density at radius 2 is 2.19 bits per heavy atom. The molecule has 1 fully saturated rings. The number of benzene rings is 1. The minimum Gasteiger partial charge on any atom is -0.497 e. The summed E-state index contributed by atoms with van der Waals surface area (Å²) in [7, 11) is 3.31. The van der Waals surface area contributed by atoms with E-state index in [2.05, 4.69) is 4.90 Å². The van der Waals surface area contributed by atoms with Gasteiger partial charge in [0, 0.05) is 25.1 Å². The largest absolute Gasteiger partial charge is 0.497 e. The van der Waals surface area contributed by atoms with Crippen molar-refractivity contribution in [3.05, 3.63) is 18.2 Å². The topological polar surface area (TPSA) is 64.8 Å². The van der Waals surface area contributed by atoms with E-state index >= 15 is 0 Å². The van der Waals surface area contributed by atoms with E-state index in [1.807, 2.05) is 25.1 Å². The zero-order valence-corrected chi connectivity index (χ0v) is 13.0. The molecule has 1 amide bonds. The summed E-state index contributed by atoms with van der Waals surface area (Å²) in [6, 6.07) is 5.86. The Bertz CT molecular complexity index is 504. The van der Waals surface area contributed by atoms with Crippen molar-refractivity contribution < 1.29 is 14.3 Å². The SMILES string of the molecule is COc1ccc(N2CCC(CC(C)C(N)=O)C2)c(OC)c1. The highest BCUT2D eigenvalue weighted by molar-refractivity contribution is 5.76. The van der Waals surface area contributed by atoms with Gasteiger partial charge in [0.1, 0.15) is 11.5 Å². The zero-order valence-electron chi connectivity index (χ0n) is 13.0. The van der Waals surface area contributed by atoms with Crippen molar-refractivity contribution in [1.82, 2.24) is 0 Å². The van der Waals surface area contributed by atoms with Gasteiger partial charge in [0.15, 0.2) is 0 Å². The Hall–Kier alpha value is -1.91. The molecule has 1 heterocycles. The molecule has 1 aromatic rings. The Balaban J connectivity index is 2.05. The van der Waals surface area contributed by atoms with Crippen LogP contribution in [0.3, 0.4) is 0 Å². The lowest BCUT2D eigenvalue weighted by Crippen LogP contribution is -2.25. The van der Waals surface area contributed by atoms with Gasteiger partial charge in [0.25, 0.3) is 0 Å². The number of amides is 1. The fourth-order valence-electron chi connectivity index (χ4n) is 2.91. The van der Waals surface area contributed by atoms with Gasteiger partial charge in [-0.1, -0.05) is 6.92 Å². The molecule has 0 bridgehead atoms. The van der Waals surface area contributed by atoms with Crippen molar-refractivity contribution >= 4 is 11.6 Å². The number of carbonyl (C=O) groups is 1. The molecule has 0 aliphatic carbocycles. The molecule has 0 radical (unpaired) electrons. The zero-order chi connectivity index (χ0) is 15.4. The molecule has 116 valence electrons. The smallest absolute Gasteiger partial charge is 0.220 e. The van der Waals surface area contributed by atoms with Crippen LogP contribution in [-0.4, -0.2) is 33.2 Å². The molecule has 0 aromatic heterocycles. The maximum Gasteiger partial charge on any atom is 0.220 e. The van der Waals surface area contributed by atoms with E-state index in [1.54, 1.807) is 14.2 Å². The molecule has 5 nitrogen and oxygen atoms in total. The second kappa shape index (κ2) is 6.70. The molecule has 2 rings (SSSR count). The minimum absolute atomic E-state index is 0.0623. The Kier molecular flexibility index (Phi) is 4.94. The Morgan fingerprint density at radius 1 is 1.43 bits per heavy atom. The number of anilines is 1. The van der Waals surface area contributed by atoms with E-state index in [9.17, 15) is 4.79 Å². The van der Waals surface area contributed by atoms with Crippen molar-refractivity contribution in [3.8, 4) is 11.5 Å². The van der Waals surface area contributed by atoms with Crippen LogP contribution in [0.1, 0.15) is 19.8 Å². The number of nitrogens with two attached hydrogens (primary N) is 1. The molecule has 2 unspecified atom stereocenters. The van der Waals surface area contributed by atoms with Crippen LogP contribution in [0.5, 0.6) is 11.5 Å². The van der Waals surface area contributed by atoms with E-state index in [4.69, 9.17) is 15.2 Å². The van der Waals surface area contributed by atoms with Crippen LogP contribution in [0.15, 0.2) is 18.2 Å². The molecular weight excluding hydrogens is 268 g/mol. The van der Waals surface area contributed by atoms with Gasteiger partial charge < -0.3 is 20.1 Å². The van der Waals surface area contributed by atoms with E-state index in [0.29, 0.717) is 5.92 Å². The van der Waals surface area contributed by atoms with Gasteiger partial charge in [-0.3, -0.25) is 4.79 Å². The third-order valence-electron chi connectivity index (χ3n) is 4.19. The molecule has 5 heteroatoms. The van der Waals surface area contributed by atoms with Gasteiger partial charge in [-0.25, -0.2) is 0 Å². The number of methoxy groups -OCH3 is 2. The lowest BCUT2D eigenvalue weighted by Gasteiger charge is -2.22. The maximum atomic E-state index is 11.2. The fourth-order valence-corrected chi connectivity index (χ4v) is 2.91. The highest BCUT2D eigenvalue weighted by atomic mass is 16.5. The Labute approximate surface area is 126 Å². The summed E-state index contributed by atoms with van der Waals surface area (Å²) in [5.74, 6) is 1.83. The van der Waals surface area contributed by atoms with Crippen molar-refractivity contribution in [2.24, 2.45) is 17.6 Å². The third kappa shape index (κ3) is 3.60. The van der Waals surface area contributed by atoms with Crippen LogP contribution >= 0.6 is 0 Å². The standard InChI is InChI=1S/C16H24N2O3/c1-11(16(17)19)8-12-6-7-18(10-12)14-5-4-13(20-2)9-15(14)21-3/h4-5,9,11-12H,6-8,10H2,1-3H3,(H2,17,19). The van der Waals surface area contributed by atoms with Gasteiger partial charge in [0.2, 0.25) is 5.91 Å². The second-order valence-corrected chi connectivity index (χ2v) is 5.68. The highest BCUT2D eigenvalue weighted by Gasteiger charge is 2.27. The lowest BCUT2D eigenvalue weighted by molar-refractivity contribution is -0.121. The van der Waals surface area contributed by atoms with E-state index in [0.717, 1.165) is 43.1 Å². The van der Waals surface area contributed by atoms with Crippen molar-refractivity contribution in [2.75, 3.05) is 32.2 Å². The molecule has 0 saturated carbocycles. The first-order chi connectivity index (χ1) is 10.0. The van der Waals surface area contributed by atoms with Crippen LogP contribution < -0.4 is 20.1 Å². The summed E-state index contributed by atoms with van der Waals surface area (Å²) >= 11 is 0. The second-order valence-electron chi connectivity index (χ2n) is 5.68. The summed E-state index contributed by atoms with van der Waals surface area (Å²) < 4.78 is 10.7. The van der Waals surface area contributed by atoms with Gasteiger partial charge in [-0.05, 0) is 30.9 Å².